The second-order valence-electron chi connectivity index (χ2n) is 8.75. The van der Waals surface area contributed by atoms with Gasteiger partial charge in [0.05, 0.1) is 36.4 Å². The number of pyridine rings is 1. The lowest BCUT2D eigenvalue weighted by Gasteiger charge is -2.34. The van der Waals surface area contributed by atoms with E-state index in [9.17, 15) is 13.9 Å². The highest BCUT2D eigenvalue weighted by atomic mass is 19.1. The van der Waals surface area contributed by atoms with Crippen LogP contribution in [0.4, 0.5) is 31.9 Å². The van der Waals surface area contributed by atoms with Gasteiger partial charge in [-0.3, -0.25) is 0 Å². The van der Waals surface area contributed by atoms with E-state index < -0.39 is 11.6 Å². The van der Waals surface area contributed by atoms with Crippen LogP contribution in [0.5, 0.6) is 5.75 Å². The first-order valence-corrected chi connectivity index (χ1v) is 11.3. The molecule has 2 N–H and O–H groups in total. The number of aliphatic hydroxyl groups excluding tert-OH is 1. The molecule has 178 valence electrons. The average molecular weight is 469 g/mol. The van der Waals surface area contributed by atoms with Crippen molar-refractivity contribution >= 4 is 23.1 Å². The number of aliphatic hydroxyl groups is 1. The fraction of sp³-hybridized carbons (Fsp3) is 0.375. The standard InChI is InChI=1S/C24H26F2N6O2/c1-14(2)32-7-8-34-23-18(25)9-15(10-20(23)32)22-19(26)12-28-24(30-22)29-21-4-3-16(11-27-21)31-6-5-17(33)13-31/h3-4,9-12,14,17,33H,5-8,13H2,1-2H3,(H,27,28,29,30). The fourth-order valence-electron chi connectivity index (χ4n) is 4.34. The second-order valence-corrected chi connectivity index (χ2v) is 8.75. The molecule has 0 radical (unpaired) electrons. The van der Waals surface area contributed by atoms with Crippen LogP contribution in [0.25, 0.3) is 11.3 Å². The number of anilines is 4. The molecule has 2 aliphatic rings. The van der Waals surface area contributed by atoms with Crippen LogP contribution in [-0.2, 0) is 0 Å². The van der Waals surface area contributed by atoms with Gasteiger partial charge in [0.1, 0.15) is 18.1 Å². The average Bonchev–Trinajstić information content (AvgIpc) is 3.26. The van der Waals surface area contributed by atoms with Crippen LogP contribution >= 0.6 is 0 Å². The Hall–Kier alpha value is -3.53. The summed E-state index contributed by atoms with van der Waals surface area (Å²) in [7, 11) is 0. The number of nitrogens with zero attached hydrogens (tertiary/aromatic N) is 5. The molecule has 4 heterocycles. The zero-order chi connectivity index (χ0) is 23.8. The molecule has 8 nitrogen and oxygen atoms in total. The van der Waals surface area contributed by atoms with Gasteiger partial charge >= 0.3 is 0 Å². The fourth-order valence-corrected chi connectivity index (χ4v) is 4.34. The van der Waals surface area contributed by atoms with Crippen molar-refractivity contribution < 1.29 is 18.6 Å². The minimum absolute atomic E-state index is 0.0174. The summed E-state index contributed by atoms with van der Waals surface area (Å²) < 4.78 is 35.1. The molecule has 34 heavy (non-hydrogen) atoms. The Kier molecular flexibility index (Phi) is 5.91. The number of nitrogens with one attached hydrogen (secondary N) is 1. The van der Waals surface area contributed by atoms with Gasteiger partial charge < -0.3 is 25.0 Å². The Morgan fingerprint density at radius 2 is 1.97 bits per heavy atom. The largest absolute Gasteiger partial charge is 0.486 e. The molecule has 1 unspecified atom stereocenters. The maximum atomic E-state index is 14.9. The van der Waals surface area contributed by atoms with Gasteiger partial charge in [0.25, 0.3) is 0 Å². The molecule has 0 bridgehead atoms. The number of ether oxygens (including phenoxy) is 1. The molecule has 3 aromatic rings. The SMILES string of the molecule is CC(C)N1CCOc2c(F)cc(-c3nc(Nc4ccc(N5CCC(O)C5)cn4)ncc3F)cc21. The van der Waals surface area contributed by atoms with Crippen molar-refractivity contribution in [2.75, 3.05) is 41.4 Å². The number of aromatic nitrogens is 3. The lowest BCUT2D eigenvalue weighted by Crippen LogP contribution is -2.38. The predicted molar refractivity (Wildman–Crippen MR) is 126 cm³/mol. The highest BCUT2D eigenvalue weighted by Crippen LogP contribution is 2.39. The summed E-state index contributed by atoms with van der Waals surface area (Å²) in [5, 5.41) is 12.7. The molecular formula is C24H26F2N6O2. The van der Waals surface area contributed by atoms with E-state index in [1.165, 1.54) is 6.07 Å². The molecule has 1 atom stereocenters. The van der Waals surface area contributed by atoms with Crippen LogP contribution in [0, 0.1) is 11.6 Å². The number of β-amino-alcohol motifs (C(OH)–C–C–N with tert-alkyl or cyclic N) is 1. The smallest absolute Gasteiger partial charge is 0.229 e. The molecule has 1 fully saturated rings. The van der Waals surface area contributed by atoms with Crippen molar-refractivity contribution in [2.24, 2.45) is 0 Å². The van der Waals surface area contributed by atoms with E-state index in [2.05, 4.69) is 25.2 Å². The van der Waals surface area contributed by atoms with Crippen LogP contribution in [0.15, 0.2) is 36.7 Å². The summed E-state index contributed by atoms with van der Waals surface area (Å²) in [4.78, 5) is 16.8. The Morgan fingerprint density at radius 1 is 1.12 bits per heavy atom. The van der Waals surface area contributed by atoms with Crippen molar-refractivity contribution in [2.45, 2.75) is 32.4 Å². The first-order chi connectivity index (χ1) is 16.4. The predicted octanol–water partition coefficient (Wildman–Crippen LogP) is 3.74. The third kappa shape index (κ3) is 4.33. The van der Waals surface area contributed by atoms with Gasteiger partial charge in [0.2, 0.25) is 5.95 Å². The first-order valence-electron chi connectivity index (χ1n) is 11.3. The molecular weight excluding hydrogens is 442 g/mol. The van der Waals surface area contributed by atoms with E-state index in [0.717, 1.165) is 24.8 Å². The number of hydrogen-bond donors (Lipinski definition) is 2. The van der Waals surface area contributed by atoms with E-state index >= 15 is 0 Å². The lowest BCUT2D eigenvalue weighted by atomic mass is 10.1. The van der Waals surface area contributed by atoms with Crippen LogP contribution in [0.1, 0.15) is 20.3 Å². The van der Waals surface area contributed by atoms with Gasteiger partial charge in [-0.25, -0.2) is 23.7 Å². The monoisotopic (exact) mass is 468 g/mol. The molecule has 0 spiro atoms. The third-order valence-corrected chi connectivity index (χ3v) is 6.07. The summed E-state index contributed by atoms with van der Waals surface area (Å²) in [6, 6.07) is 6.71. The maximum Gasteiger partial charge on any atom is 0.229 e. The molecule has 1 aromatic carbocycles. The van der Waals surface area contributed by atoms with Crippen molar-refractivity contribution in [3.8, 4) is 17.0 Å². The highest BCUT2D eigenvalue weighted by Gasteiger charge is 2.26. The normalized spacial score (nSPS) is 17.6. The molecule has 2 aliphatic heterocycles. The minimum atomic E-state index is -0.659. The summed E-state index contributed by atoms with van der Waals surface area (Å²) in [5.74, 6) is -0.421. The first kappa shape index (κ1) is 22.3. The Bertz CT molecular complexity index is 1190. The number of rotatable bonds is 5. The van der Waals surface area contributed by atoms with Gasteiger partial charge in [-0.1, -0.05) is 0 Å². The van der Waals surface area contributed by atoms with E-state index in [4.69, 9.17) is 4.74 Å². The van der Waals surface area contributed by atoms with Crippen LogP contribution in [-0.4, -0.2) is 58.4 Å². The molecule has 0 amide bonds. The minimum Gasteiger partial charge on any atom is -0.486 e. The molecule has 0 aliphatic carbocycles. The van der Waals surface area contributed by atoms with Gasteiger partial charge in [-0.15, -0.1) is 0 Å². The summed E-state index contributed by atoms with van der Waals surface area (Å²) in [6.45, 7) is 6.38. The zero-order valence-corrected chi connectivity index (χ0v) is 19.0. The number of fused-ring (bicyclic) bond motifs is 1. The highest BCUT2D eigenvalue weighted by molar-refractivity contribution is 5.73. The van der Waals surface area contributed by atoms with Crippen LogP contribution in [0.2, 0.25) is 0 Å². The second kappa shape index (κ2) is 9.02. The van der Waals surface area contributed by atoms with Gasteiger partial charge in [0, 0.05) is 24.7 Å². The van der Waals surface area contributed by atoms with E-state index in [0.29, 0.717) is 36.8 Å². The van der Waals surface area contributed by atoms with Crippen molar-refractivity contribution in [3.63, 3.8) is 0 Å². The number of benzene rings is 1. The summed E-state index contributed by atoms with van der Waals surface area (Å²) in [5.41, 5.74) is 1.76. The van der Waals surface area contributed by atoms with Gasteiger partial charge in [-0.2, -0.15) is 0 Å². The van der Waals surface area contributed by atoms with Crippen molar-refractivity contribution in [3.05, 3.63) is 48.3 Å². The van der Waals surface area contributed by atoms with Gasteiger partial charge in [-0.05, 0) is 44.5 Å². The Morgan fingerprint density at radius 3 is 2.68 bits per heavy atom. The topological polar surface area (TPSA) is 86.6 Å². The molecule has 10 heteroatoms. The van der Waals surface area contributed by atoms with Crippen LogP contribution in [0.3, 0.4) is 0 Å². The zero-order valence-electron chi connectivity index (χ0n) is 19.0. The molecule has 1 saturated heterocycles. The van der Waals surface area contributed by atoms with Crippen molar-refractivity contribution in [1.82, 2.24) is 15.0 Å². The van der Waals surface area contributed by atoms with Crippen molar-refractivity contribution in [1.29, 1.82) is 0 Å². The van der Waals surface area contributed by atoms with E-state index in [-0.39, 0.29) is 29.5 Å². The maximum absolute atomic E-state index is 14.9. The Labute approximate surface area is 196 Å². The van der Waals surface area contributed by atoms with Crippen LogP contribution < -0.4 is 19.9 Å². The Balaban J connectivity index is 1.41. The number of halogens is 2. The van der Waals surface area contributed by atoms with Gasteiger partial charge in [0.15, 0.2) is 17.4 Å². The van der Waals surface area contributed by atoms with E-state index in [1.807, 2.05) is 24.8 Å². The quantitative estimate of drug-likeness (QED) is 0.586. The third-order valence-electron chi connectivity index (χ3n) is 6.07. The number of hydrogen-bond acceptors (Lipinski definition) is 8. The summed E-state index contributed by atoms with van der Waals surface area (Å²) >= 11 is 0. The molecule has 2 aromatic heterocycles. The lowest BCUT2D eigenvalue weighted by molar-refractivity contribution is 0.198. The molecule has 0 saturated carbocycles. The summed E-state index contributed by atoms with van der Waals surface area (Å²) in [6.07, 6.45) is 3.16. The molecule has 5 rings (SSSR count). The van der Waals surface area contributed by atoms with E-state index in [1.54, 1.807) is 18.3 Å².